The Morgan fingerprint density at radius 2 is 1.90 bits per heavy atom. The van der Waals surface area contributed by atoms with Crippen LogP contribution >= 0.6 is 27.5 Å². The summed E-state index contributed by atoms with van der Waals surface area (Å²) in [5.74, 6) is 1.31. The summed E-state index contributed by atoms with van der Waals surface area (Å²) >= 11 is 9.62. The van der Waals surface area contributed by atoms with Gasteiger partial charge in [-0.15, -0.1) is 0 Å². The van der Waals surface area contributed by atoms with Gasteiger partial charge in [-0.3, -0.25) is 4.79 Å². The summed E-state index contributed by atoms with van der Waals surface area (Å²) in [6, 6.07) is 16.4. The van der Waals surface area contributed by atoms with Gasteiger partial charge in [0.1, 0.15) is 30.0 Å². The lowest BCUT2D eigenvalue weighted by Gasteiger charge is -2.21. The predicted molar refractivity (Wildman–Crippen MR) is 122 cm³/mol. The van der Waals surface area contributed by atoms with Gasteiger partial charge in [-0.05, 0) is 42.0 Å². The number of rotatable bonds is 4. The zero-order chi connectivity index (χ0) is 21.4. The van der Waals surface area contributed by atoms with Crippen molar-refractivity contribution < 1.29 is 18.6 Å². The van der Waals surface area contributed by atoms with Gasteiger partial charge in [0.2, 0.25) is 0 Å². The van der Waals surface area contributed by atoms with E-state index in [-0.39, 0.29) is 18.8 Å². The van der Waals surface area contributed by atoms with Crippen LogP contribution in [0.4, 0.5) is 0 Å². The van der Waals surface area contributed by atoms with Gasteiger partial charge in [0.15, 0.2) is 12.2 Å². The number of benzene rings is 3. The fourth-order valence-corrected chi connectivity index (χ4v) is 4.08. The van der Waals surface area contributed by atoms with Gasteiger partial charge in [0.05, 0.1) is 17.6 Å². The maximum atomic E-state index is 12.9. The highest BCUT2D eigenvalue weighted by Gasteiger charge is 2.17. The van der Waals surface area contributed by atoms with Crippen LogP contribution in [0.3, 0.4) is 0 Å². The van der Waals surface area contributed by atoms with Crippen molar-refractivity contribution >= 4 is 38.5 Å². The molecule has 0 amide bonds. The molecule has 0 N–H and O–H groups in total. The number of hydrogen-bond acceptors (Lipinski definition) is 5. The minimum atomic E-state index is -0.0903. The highest BCUT2D eigenvalue weighted by atomic mass is 79.9. The van der Waals surface area contributed by atoms with E-state index in [0.29, 0.717) is 33.9 Å². The molecule has 5 rings (SSSR count). The largest absolute Gasteiger partial charge is 0.489 e. The fourth-order valence-electron chi connectivity index (χ4n) is 3.55. The molecule has 1 aromatic heterocycles. The Morgan fingerprint density at radius 1 is 1.06 bits per heavy atom. The summed E-state index contributed by atoms with van der Waals surface area (Å²) in [7, 11) is 0. The van der Waals surface area contributed by atoms with E-state index in [2.05, 4.69) is 15.9 Å². The maximum absolute atomic E-state index is 12.9. The highest BCUT2D eigenvalue weighted by Crippen LogP contribution is 2.33. The third-order valence-electron chi connectivity index (χ3n) is 5.05. The van der Waals surface area contributed by atoms with Gasteiger partial charge in [-0.1, -0.05) is 39.7 Å². The molecule has 0 saturated carbocycles. The molecule has 2 heterocycles. The molecule has 156 valence electrons. The lowest BCUT2D eigenvalue weighted by molar-refractivity contribution is -0.0175. The zero-order valence-electron chi connectivity index (χ0n) is 16.2. The van der Waals surface area contributed by atoms with Crippen LogP contribution in [-0.4, -0.2) is 6.79 Å². The summed E-state index contributed by atoms with van der Waals surface area (Å²) < 4.78 is 23.6. The van der Waals surface area contributed by atoms with Gasteiger partial charge < -0.3 is 18.6 Å². The van der Waals surface area contributed by atoms with Gasteiger partial charge >= 0.3 is 0 Å². The molecule has 1 aliphatic rings. The van der Waals surface area contributed by atoms with Gasteiger partial charge in [-0.25, -0.2) is 0 Å². The second kappa shape index (κ2) is 8.38. The number of hydrogen-bond donors (Lipinski definition) is 0. The van der Waals surface area contributed by atoms with Gasteiger partial charge in [0, 0.05) is 26.7 Å². The summed E-state index contributed by atoms with van der Waals surface area (Å²) in [6.07, 6.45) is 1.48. The van der Waals surface area contributed by atoms with E-state index < -0.39 is 0 Å². The number of halogens is 2. The fraction of sp³-hybridized carbons (Fsp3) is 0.125. The standard InChI is InChI=1S/C24H16BrClO5/c25-17-3-1-14(2-4-17)21-12-30-22-9-19(5-6-20(22)23(21)27)29-11-16-8-18(26)7-15-10-28-13-31-24(15)16/h1-9,12H,10-11,13H2. The minimum absolute atomic E-state index is 0.0903. The normalized spacial score (nSPS) is 13.0. The first kappa shape index (κ1) is 20.1. The van der Waals surface area contributed by atoms with Crippen LogP contribution < -0.4 is 14.9 Å². The molecule has 0 spiro atoms. The van der Waals surface area contributed by atoms with Crippen LogP contribution in [0.25, 0.3) is 22.1 Å². The quantitative estimate of drug-likeness (QED) is 0.329. The Labute approximate surface area is 191 Å². The van der Waals surface area contributed by atoms with Crippen LogP contribution in [-0.2, 0) is 18.0 Å². The van der Waals surface area contributed by atoms with E-state index >= 15 is 0 Å². The molecule has 0 aliphatic carbocycles. The second-order valence-corrected chi connectivity index (χ2v) is 8.45. The van der Waals surface area contributed by atoms with Gasteiger partial charge in [0.25, 0.3) is 0 Å². The lowest BCUT2D eigenvalue weighted by Crippen LogP contribution is -2.14. The number of ether oxygens (including phenoxy) is 3. The lowest BCUT2D eigenvalue weighted by atomic mass is 10.1. The van der Waals surface area contributed by atoms with E-state index in [4.69, 9.17) is 30.2 Å². The van der Waals surface area contributed by atoms with Crippen LogP contribution in [0, 0.1) is 0 Å². The molecule has 3 aromatic carbocycles. The van der Waals surface area contributed by atoms with Crippen LogP contribution in [0.15, 0.2) is 74.5 Å². The summed E-state index contributed by atoms with van der Waals surface area (Å²) in [5.41, 5.74) is 3.40. The molecule has 31 heavy (non-hydrogen) atoms. The van der Waals surface area contributed by atoms with E-state index in [9.17, 15) is 4.79 Å². The van der Waals surface area contributed by atoms with Crippen molar-refractivity contribution in [3.63, 3.8) is 0 Å². The minimum Gasteiger partial charge on any atom is -0.489 e. The van der Waals surface area contributed by atoms with Crippen molar-refractivity contribution in [1.29, 1.82) is 0 Å². The topological polar surface area (TPSA) is 57.9 Å². The molecule has 0 saturated heterocycles. The second-order valence-electron chi connectivity index (χ2n) is 7.10. The van der Waals surface area contributed by atoms with Crippen LogP contribution in [0.2, 0.25) is 5.02 Å². The Balaban J connectivity index is 1.42. The molecule has 0 fully saturated rings. The predicted octanol–water partition coefficient (Wildman–Crippen LogP) is 6.32. The molecular weight excluding hydrogens is 484 g/mol. The molecule has 0 radical (unpaired) electrons. The first-order valence-corrected chi connectivity index (χ1v) is 10.7. The van der Waals surface area contributed by atoms with Crippen molar-refractivity contribution in [3.05, 3.63) is 91.7 Å². The average Bonchev–Trinajstić information content (AvgIpc) is 2.78. The monoisotopic (exact) mass is 498 g/mol. The Hall–Kier alpha value is -2.80. The third kappa shape index (κ3) is 4.06. The van der Waals surface area contributed by atoms with Crippen LogP contribution in [0.5, 0.6) is 11.5 Å². The van der Waals surface area contributed by atoms with Crippen molar-refractivity contribution in [3.8, 4) is 22.6 Å². The molecular formula is C24H16BrClO5. The van der Waals surface area contributed by atoms with E-state index in [1.807, 2.05) is 36.4 Å². The van der Waals surface area contributed by atoms with Crippen molar-refractivity contribution in [1.82, 2.24) is 0 Å². The van der Waals surface area contributed by atoms with Gasteiger partial charge in [-0.2, -0.15) is 0 Å². The van der Waals surface area contributed by atoms with Crippen molar-refractivity contribution in [2.24, 2.45) is 0 Å². The first-order chi connectivity index (χ1) is 15.1. The Bertz CT molecular complexity index is 1330. The van der Waals surface area contributed by atoms with Crippen LogP contribution in [0.1, 0.15) is 11.1 Å². The van der Waals surface area contributed by atoms with Crippen molar-refractivity contribution in [2.75, 3.05) is 6.79 Å². The summed E-state index contributed by atoms with van der Waals surface area (Å²) in [4.78, 5) is 12.9. The van der Waals surface area contributed by atoms with E-state index in [1.165, 1.54) is 6.26 Å². The van der Waals surface area contributed by atoms with E-state index in [0.717, 1.165) is 26.9 Å². The zero-order valence-corrected chi connectivity index (χ0v) is 18.5. The molecule has 4 aromatic rings. The van der Waals surface area contributed by atoms with Crippen molar-refractivity contribution in [2.45, 2.75) is 13.2 Å². The third-order valence-corrected chi connectivity index (χ3v) is 5.79. The smallest absolute Gasteiger partial charge is 0.200 e. The molecule has 5 nitrogen and oxygen atoms in total. The van der Waals surface area contributed by atoms with E-state index in [1.54, 1.807) is 18.2 Å². The highest BCUT2D eigenvalue weighted by molar-refractivity contribution is 9.10. The number of fused-ring (bicyclic) bond motifs is 2. The summed E-state index contributed by atoms with van der Waals surface area (Å²) in [6.45, 7) is 0.907. The molecule has 1 aliphatic heterocycles. The average molecular weight is 500 g/mol. The molecule has 0 atom stereocenters. The molecule has 0 bridgehead atoms. The molecule has 0 unspecified atom stereocenters. The summed E-state index contributed by atoms with van der Waals surface area (Å²) in [5, 5.41) is 1.09. The Kier molecular flexibility index (Phi) is 5.44. The molecule has 7 heteroatoms. The SMILES string of the molecule is O=c1c(-c2ccc(Br)cc2)coc2cc(OCc3cc(Cl)cc4c3OCOC4)ccc12. The first-order valence-electron chi connectivity index (χ1n) is 9.54. The Morgan fingerprint density at radius 3 is 2.74 bits per heavy atom. The maximum Gasteiger partial charge on any atom is 0.200 e.